The van der Waals surface area contributed by atoms with Gasteiger partial charge in [-0.15, -0.1) is 0 Å². The van der Waals surface area contributed by atoms with Crippen LogP contribution in [-0.2, 0) is 9.59 Å². The fraction of sp³-hybridized carbons (Fsp3) is 0.115. The molecule has 3 rings (SSSR count). The minimum Gasteiger partial charge on any atom is -0.483 e. The summed E-state index contributed by atoms with van der Waals surface area (Å²) in [5.41, 5.74) is 1.95. The van der Waals surface area contributed by atoms with E-state index in [0.29, 0.717) is 21.5 Å². The van der Waals surface area contributed by atoms with E-state index in [1.165, 1.54) is 30.3 Å². The van der Waals surface area contributed by atoms with Crippen molar-refractivity contribution in [2.45, 2.75) is 13.0 Å². The maximum atomic E-state index is 13.0. The van der Waals surface area contributed by atoms with Crippen molar-refractivity contribution in [3.05, 3.63) is 99.8 Å². The normalized spacial score (nSPS) is 11.8. The van der Waals surface area contributed by atoms with Crippen molar-refractivity contribution in [3.63, 3.8) is 0 Å². The lowest BCUT2D eigenvalue weighted by Crippen LogP contribution is -2.27. The van der Waals surface area contributed by atoms with Crippen LogP contribution in [0.15, 0.2) is 82.8 Å². The van der Waals surface area contributed by atoms with Gasteiger partial charge in [-0.3, -0.25) is 9.59 Å². The average molecular weight is 522 g/mol. The Labute approximate surface area is 205 Å². The van der Waals surface area contributed by atoms with Crippen LogP contribution in [0.1, 0.15) is 24.1 Å². The number of nitrogens with zero attached hydrogens (tertiary/aromatic N) is 1. The number of rotatable bonds is 8. The van der Waals surface area contributed by atoms with Gasteiger partial charge in [-0.05, 0) is 76.5 Å². The highest BCUT2D eigenvalue weighted by molar-refractivity contribution is 9.10. The lowest BCUT2D eigenvalue weighted by molar-refractivity contribution is -0.118. The van der Waals surface area contributed by atoms with Crippen molar-refractivity contribution in [1.29, 1.82) is 5.26 Å². The van der Waals surface area contributed by atoms with Crippen LogP contribution in [0.3, 0.4) is 0 Å². The van der Waals surface area contributed by atoms with Crippen molar-refractivity contribution in [1.82, 2.24) is 5.32 Å². The zero-order chi connectivity index (χ0) is 24.5. The maximum absolute atomic E-state index is 13.0. The Balaban J connectivity index is 1.61. The Morgan fingerprint density at radius 2 is 1.82 bits per heavy atom. The Bertz CT molecular complexity index is 1240. The number of carbonyl (C=O) groups is 2. The first-order valence-electron chi connectivity index (χ1n) is 10.3. The van der Waals surface area contributed by atoms with Crippen LogP contribution in [0.25, 0.3) is 6.08 Å². The molecule has 0 unspecified atom stereocenters. The van der Waals surface area contributed by atoms with Gasteiger partial charge in [0.15, 0.2) is 6.61 Å². The molecule has 0 aromatic heterocycles. The molecule has 0 saturated heterocycles. The summed E-state index contributed by atoms with van der Waals surface area (Å²) in [5.74, 6) is -0.867. The second-order valence-electron chi connectivity index (χ2n) is 7.31. The molecule has 0 aliphatic carbocycles. The Kier molecular flexibility index (Phi) is 8.54. The van der Waals surface area contributed by atoms with Gasteiger partial charge in [0.2, 0.25) is 0 Å². The van der Waals surface area contributed by atoms with Gasteiger partial charge < -0.3 is 15.4 Å². The molecule has 0 bridgehead atoms. The zero-order valence-corrected chi connectivity index (χ0v) is 19.8. The molecular formula is C26H21BrFN3O3. The first-order chi connectivity index (χ1) is 16.4. The highest BCUT2D eigenvalue weighted by Crippen LogP contribution is 2.27. The summed E-state index contributed by atoms with van der Waals surface area (Å²) in [6.07, 6.45) is 1.48. The van der Waals surface area contributed by atoms with Gasteiger partial charge >= 0.3 is 0 Å². The van der Waals surface area contributed by atoms with Gasteiger partial charge in [0.1, 0.15) is 23.2 Å². The molecule has 0 radical (unpaired) electrons. The highest BCUT2D eigenvalue weighted by Gasteiger charge is 2.14. The number of amides is 2. The van der Waals surface area contributed by atoms with Crippen LogP contribution < -0.4 is 15.4 Å². The summed E-state index contributed by atoms with van der Waals surface area (Å²) >= 11 is 3.38. The molecule has 1 atom stereocenters. The summed E-state index contributed by atoms with van der Waals surface area (Å²) in [6, 6.07) is 21.5. The fourth-order valence-electron chi connectivity index (χ4n) is 3.01. The third-order valence-electron chi connectivity index (χ3n) is 4.77. The molecule has 2 N–H and O–H groups in total. The number of nitriles is 1. The Morgan fingerprint density at radius 1 is 1.12 bits per heavy atom. The lowest BCUT2D eigenvalue weighted by atomic mass is 10.1. The van der Waals surface area contributed by atoms with E-state index in [9.17, 15) is 19.2 Å². The zero-order valence-electron chi connectivity index (χ0n) is 18.2. The van der Waals surface area contributed by atoms with E-state index >= 15 is 0 Å². The van der Waals surface area contributed by atoms with Gasteiger partial charge in [0.25, 0.3) is 11.8 Å². The van der Waals surface area contributed by atoms with Crippen LogP contribution >= 0.6 is 15.9 Å². The Morgan fingerprint density at radius 3 is 2.47 bits per heavy atom. The summed E-state index contributed by atoms with van der Waals surface area (Å²) in [6.45, 7) is 1.59. The summed E-state index contributed by atoms with van der Waals surface area (Å²) in [4.78, 5) is 24.6. The minimum atomic E-state index is -0.479. The van der Waals surface area contributed by atoms with E-state index in [4.69, 9.17) is 4.74 Å². The number of carbonyl (C=O) groups excluding carboxylic acids is 2. The van der Waals surface area contributed by atoms with E-state index in [1.807, 2.05) is 43.3 Å². The van der Waals surface area contributed by atoms with Crippen molar-refractivity contribution >= 4 is 39.5 Å². The maximum Gasteiger partial charge on any atom is 0.262 e. The van der Waals surface area contributed by atoms with Gasteiger partial charge in [-0.1, -0.05) is 36.4 Å². The molecule has 0 aliphatic rings. The lowest BCUT2D eigenvalue weighted by Gasteiger charge is -2.14. The quantitative estimate of drug-likeness (QED) is 0.307. The number of benzene rings is 3. The number of anilines is 1. The molecule has 0 fully saturated rings. The molecule has 172 valence electrons. The number of ether oxygens (including phenoxy) is 1. The molecule has 8 heteroatoms. The van der Waals surface area contributed by atoms with Gasteiger partial charge in [0, 0.05) is 5.69 Å². The molecule has 0 heterocycles. The standard InChI is InChI=1S/C26H21BrFN3O3/c1-17(19-5-3-2-4-6-19)30-26(33)20(15-29)13-18-7-12-24(23(27)14-18)34-16-25(32)31-22-10-8-21(28)9-11-22/h2-14,17H,16H2,1H3,(H,30,33)(H,31,32)/b20-13-/t17-/m1/s1. The monoisotopic (exact) mass is 521 g/mol. The molecular weight excluding hydrogens is 501 g/mol. The van der Waals surface area contributed by atoms with Crippen LogP contribution in [0.2, 0.25) is 0 Å². The number of halogens is 2. The molecule has 0 aliphatic heterocycles. The molecule has 2 amide bonds. The van der Waals surface area contributed by atoms with Gasteiger partial charge in [-0.2, -0.15) is 5.26 Å². The van der Waals surface area contributed by atoms with Gasteiger partial charge in [0.05, 0.1) is 10.5 Å². The predicted molar refractivity (Wildman–Crippen MR) is 131 cm³/mol. The fourth-order valence-corrected chi connectivity index (χ4v) is 3.52. The van der Waals surface area contributed by atoms with Crippen LogP contribution in [-0.4, -0.2) is 18.4 Å². The van der Waals surface area contributed by atoms with Crippen LogP contribution in [0.4, 0.5) is 10.1 Å². The SMILES string of the molecule is C[C@@H](NC(=O)/C(C#N)=C\c1ccc(OCC(=O)Nc2ccc(F)cc2)c(Br)c1)c1ccccc1. The number of hydrogen-bond donors (Lipinski definition) is 2. The smallest absolute Gasteiger partial charge is 0.262 e. The molecule has 0 saturated carbocycles. The van der Waals surface area contributed by atoms with Crippen molar-refractivity contribution in [2.75, 3.05) is 11.9 Å². The minimum absolute atomic E-state index is 0.0398. The third-order valence-corrected chi connectivity index (χ3v) is 5.39. The van der Waals surface area contributed by atoms with E-state index in [2.05, 4.69) is 26.6 Å². The first-order valence-corrected chi connectivity index (χ1v) is 11.1. The summed E-state index contributed by atoms with van der Waals surface area (Å²) in [7, 11) is 0. The first kappa shape index (κ1) is 24.7. The van der Waals surface area contributed by atoms with Crippen molar-refractivity contribution in [2.24, 2.45) is 0 Å². The molecule has 3 aromatic carbocycles. The average Bonchev–Trinajstić information content (AvgIpc) is 2.83. The number of nitrogens with one attached hydrogen (secondary N) is 2. The van der Waals surface area contributed by atoms with E-state index < -0.39 is 17.6 Å². The van der Waals surface area contributed by atoms with E-state index in [1.54, 1.807) is 18.2 Å². The summed E-state index contributed by atoms with van der Waals surface area (Å²) < 4.78 is 19.0. The Hall–Kier alpha value is -3.96. The molecule has 0 spiro atoms. The van der Waals surface area contributed by atoms with Gasteiger partial charge in [-0.25, -0.2) is 4.39 Å². The van der Waals surface area contributed by atoms with E-state index in [0.717, 1.165) is 5.56 Å². The van der Waals surface area contributed by atoms with Crippen LogP contribution in [0, 0.1) is 17.1 Å². The second-order valence-corrected chi connectivity index (χ2v) is 8.16. The van der Waals surface area contributed by atoms with Crippen molar-refractivity contribution in [3.8, 4) is 11.8 Å². The number of hydrogen-bond acceptors (Lipinski definition) is 4. The molecule has 6 nitrogen and oxygen atoms in total. The molecule has 3 aromatic rings. The largest absolute Gasteiger partial charge is 0.483 e. The predicted octanol–water partition coefficient (Wildman–Crippen LogP) is 5.39. The molecule has 34 heavy (non-hydrogen) atoms. The summed E-state index contributed by atoms with van der Waals surface area (Å²) in [5, 5.41) is 14.9. The topological polar surface area (TPSA) is 91.2 Å². The van der Waals surface area contributed by atoms with Crippen LogP contribution in [0.5, 0.6) is 5.75 Å². The highest BCUT2D eigenvalue weighted by atomic mass is 79.9. The second kappa shape index (κ2) is 11.8. The van der Waals surface area contributed by atoms with E-state index in [-0.39, 0.29) is 18.2 Å². The van der Waals surface area contributed by atoms with Crippen molar-refractivity contribution < 1.29 is 18.7 Å². The third kappa shape index (κ3) is 7.02.